The Balaban J connectivity index is 0.000000392. The van der Waals surface area contributed by atoms with Gasteiger partial charge in [0.05, 0.1) is 5.92 Å². The summed E-state index contributed by atoms with van der Waals surface area (Å²) in [5, 5.41) is 15.6. The molecule has 7 heteroatoms. The maximum Gasteiger partial charge on any atom is 0.328 e. The van der Waals surface area contributed by atoms with Crippen LogP contribution in [0.3, 0.4) is 0 Å². The number of nitrogens with zero attached hydrogens (tertiary/aromatic N) is 1. The Morgan fingerprint density at radius 1 is 0.861 bits per heavy atom. The van der Waals surface area contributed by atoms with E-state index in [4.69, 9.17) is 14.9 Å². The Kier molecular flexibility index (Phi) is 9.42. The number of hydrogen-bond donors (Lipinski definition) is 2. The monoisotopic (exact) mass is 493 g/mol. The zero-order chi connectivity index (χ0) is 26.1. The quantitative estimate of drug-likeness (QED) is 0.416. The van der Waals surface area contributed by atoms with Crippen molar-refractivity contribution in [3.8, 4) is 0 Å². The number of esters is 1. The molecule has 0 radical (unpaired) electrons. The van der Waals surface area contributed by atoms with Crippen molar-refractivity contribution in [2.75, 3.05) is 26.2 Å². The third-order valence-corrected chi connectivity index (χ3v) is 6.85. The Morgan fingerprint density at radius 2 is 1.33 bits per heavy atom. The second-order valence-electron chi connectivity index (χ2n) is 9.54. The molecule has 1 heterocycles. The van der Waals surface area contributed by atoms with Crippen LogP contribution < -0.4 is 0 Å². The molecule has 0 aromatic heterocycles. The van der Waals surface area contributed by atoms with Crippen molar-refractivity contribution in [1.82, 2.24) is 4.90 Å². The minimum Gasteiger partial charge on any atom is -0.478 e. The lowest BCUT2D eigenvalue weighted by molar-refractivity contribution is -0.146. The Morgan fingerprint density at radius 3 is 1.78 bits per heavy atom. The fourth-order valence-corrected chi connectivity index (χ4v) is 4.76. The number of likely N-dealkylation sites (tertiary alicyclic amines) is 1. The van der Waals surface area contributed by atoms with Gasteiger partial charge in [-0.3, -0.25) is 9.69 Å². The summed E-state index contributed by atoms with van der Waals surface area (Å²) >= 11 is 0. The molecule has 2 aliphatic rings. The number of carboxylic acid groups (broad SMARTS) is 2. The zero-order valence-corrected chi connectivity index (χ0v) is 21.0. The largest absolute Gasteiger partial charge is 0.478 e. The number of aryl methyl sites for hydroxylation is 2. The summed E-state index contributed by atoms with van der Waals surface area (Å²) in [6.45, 7) is 7.84. The van der Waals surface area contributed by atoms with Crippen molar-refractivity contribution in [2.24, 2.45) is 5.92 Å². The summed E-state index contributed by atoms with van der Waals surface area (Å²) in [5.41, 5.74) is 4.69. The van der Waals surface area contributed by atoms with Crippen molar-refractivity contribution in [1.29, 1.82) is 0 Å². The minimum atomic E-state index is -1.26. The molecule has 1 saturated heterocycles. The van der Waals surface area contributed by atoms with Gasteiger partial charge in [-0.1, -0.05) is 66.1 Å². The number of piperidine rings is 1. The van der Waals surface area contributed by atoms with Crippen LogP contribution in [0.2, 0.25) is 0 Å². The van der Waals surface area contributed by atoms with E-state index in [1.165, 1.54) is 41.5 Å². The molecule has 1 atom stereocenters. The van der Waals surface area contributed by atoms with Crippen molar-refractivity contribution in [3.05, 3.63) is 82.9 Å². The molecule has 2 N–H and O–H groups in total. The third kappa shape index (κ3) is 7.28. The van der Waals surface area contributed by atoms with E-state index in [9.17, 15) is 14.4 Å². The van der Waals surface area contributed by atoms with Crippen molar-refractivity contribution in [3.63, 3.8) is 0 Å². The molecule has 36 heavy (non-hydrogen) atoms. The van der Waals surface area contributed by atoms with Crippen molar-refractivity contribution >= 4 is 17.9 Å². The number of ether oxygens (including phenoxy) is 1. The minimum absolute atomic E-state index is 0.0434. The van der Waals surface area contributed by atoms with Crippen LogP contribution in [0.4, 0.5) is 0 Å². The molecule has 1 aliphatic heterocycles. The fourth-order valence-electron chi connectivity index (χ4n) is 4.76. The fraction of sp³-hybridized carbons (Fsp3) is 0.414. The molecule has 1 unspecified atom stereocenters. The second-order valence-corrected chi connectivity index (χ2v) is 9.54. The Labute approximate surface area is 212 Å². The molecular weight excluding hydrogens is 458 g/mol. The third-order valence-electron chi connectivity index (χ3n) is 6.85. The van der Waals surface area contributed by atoms with E-state index in [1.807, 2.05) is 0 Å². The maximum absolute atomic E-state index is 12.9. The van der Waals surface area contributed by atoms with Crippen LogP contribution in [0, 0.1) is 19.8 Å². The lowest BCUT2D eigenvalue weighted by Gasteiger charge is -2.26. The highest BCUT2D eigenvalue weighted by molar-refractivity contribution is 5.89. The first-order valence-corrected chi connectivity index (χ1v) is 12.4. The molecule has 7 nitrogen and oxygen atoms in total. The molecule has 0 bridgehead atoms. The van der Waals surface area contributed by atoms with Gasteiger partial charge in [0.15, 0.2) is 0 Å². The molecule has 0 amide bonds. The van der Waals surface area contributed by atoms with E-state index in [0.717, 1.165) is 26.1 Å². The summed E-state index contributed by atoms with van der Waals surface area (Å²) in [6.07, 6.45) is 5.81. The van der Waals surface area contributed by atoms with Gasteiger partial charge in [-0.2, -0.15) is 0 Å². The lowest BCUT2D eigenvalue weighted by Crippen LogP contribution is -2.33. The predicted molar refractivity (Wildman–Crippen MR) is 137 cm³/mol. The highest BCUT2D eigenvalue weighted by Crippen LogP contribution is 2.59. The van der Waals surface area contributed by atoms with E-state index in [-0.39, 0.29) is 17.3 Å². The summed E-state index contributed by atoms with van der Waals surface area (Å²) in [5.74, 6) is -2.64. The number of aliphatic carboxylic acids is 2. The number of carboxylic acids is 2. The van der Waals surface area contributed by atoms with Crippen LogP contribution in [-0.2, 0) is 24.5 Å². The first-order valence-electron chi connectivity index (χ1n) is 12.4. The molecule has 1 saturated carbocycles. The van der Waals surface area contributed by atoms with Crippen molar-refractivity contribution < 1.29 is 29.3 Å². The number of rotatable bonds is 8. The highest BCUT2D eigenvalue weighted by Gasteiger charge is 2.61. The van der Waals surface area contributed by atoms with Gasteiger partial charge in [0, 0.05) is 24.1 Å². The molecule has 0 spiro atoms. The second kappa shape index (κ2) is 12.5. The van der Waals surface area contributed by atoms with E-state index in [1.54, 1.807) is 0 Å². The first-order chi connectivity index (χ1) is 17.2. The average Bonchev–Trinajstić information content (AvgIpc) is 3.62. The van der Waals surface area contributed by atoms with Gasteiger partial charge in [0.25, 0.3) is 0 Å². The van der Waals surface area contributed by atoms with Gasteiger partial charge in [-0.15, -0.1) is 0 Å². The molecule has 2 fully saturated rings. The average molecular weight is 494 g/mol. The van der Waals surface area contributed by atoms with Gasteiger partial charge in [0.1, 0.15) is 6.61 Å². The van der Waals surface area contributed by atoms with Crippen LogP contribution in [0.15, 0.2) is 60.7 Å². The van der Waals surface area contributed by atoms with Gasteiger partial charge >= 0.3 is 17.9 Å². The summed E-state index contributed by atoms with van der Waals surface area (Å²) in [4.78, 5) is 34.4. The highest BCUT2D eigenvalue weighted by atomic mass is 16.5. The normalized spacial score (nSPS) is 18.7. The van der Waals surface area contributed by atoms with Crippen LogP contribution in [0.25, 0.3) is 0 Å². The number of hydrogen-bond acceptors (Lipinski definition) is 5. The number of carbonyl (C=O) groups excluding carboxylic acids is 1. The van der Waals surface area contributed by atoms with E-state index in [0.29, 0.717) is 18.8 Å². The first kappa shape index (κ1) is 27.1. The molecular formula is C29H35NO6. The molecule has 1 aliphatic carbocycles. The standard InChI is InChI=1S/C25H31NO2.C4H4O4/c1-19-6-10-21(11-7-19)25(22-12-8-20(2)9-13-22)18-23(25)24(27)28-17-16-26-14-4-3-5-15-26;5-3(6)1-2-4(7)8/h6-13,23H,3-5,14-18H2,1-2H3;1-2H,(H,5,6)(H,7,8)/b;2-1+. The summed E-state index contributed by atoms with van der Waals surface area (Å²) in [6, 6.07) is 17.3. The maximum atomic E-state index is 12.9. The van der Waals surface area contributed by atoms with Crippen molar-refractivity contribution in [2.45, 2.75) is 44.9 Å². The van der Waals surface area contributed by atoms with Gasteiger partial charge in [-0.25, -0.2) is 9.59 Å². The van der Waals surface area contributed by atoms with Crippen LogP contribution in [0.5, 0.6) is 0 Å². The van der Waals surface area contributed by atoms with Gasteiger partial charge < -0.3 is 14.9 Å². The zero-order valence-electron chi connectivity index (χ0n) is 21.0. The molecule has 192 valence electrons. The topological polar surface area (TPSA) is 104 Å². The number of benzene rings is 2. The van der Waals surface area contributed by atoms with Gasteiger partial charge in [0.2, 0.25) is 0 Å². The summed E-state index contributed by atoms with van der Waals surface area (Å²) < 4.78 is 5.73. The predicted octanol–water partition coefficient (Wildman–Crippen LogP) is 4.35. The van der Waals surface area contributed by atoms with Crippen LogP contribution in [0.1, 0.15) is 47.9 Å². The molecule has 4 rings (SSSR count). The molecule has 2 aromatic carbocycles. The number of carbonyl (C=O) groups is 3. The summed E-state index contributed by atoms with van der Waals surface area (Å²) in [7, 11) is 0. The van der Waals surface area contributed by atoms with E-state index >= 15 is 0 Å². The van der Waals surface area contributed by atoms with Crippen LogP contribution >= 0.6 is 0 Å². The SMILES string of the molecule is Cc1ccc(C2(c3ccc(C)cc3)CC2C(=O)OCCN2CCCCC2)cc1.O=C(O)/C=C/C(=O)O. The Bertz CT molecular complexity index is 1010. The molecule has 2 aromatic rings. The van der Waals surface area contributed by atoms with E-state index in [2.05, 4.69) is 67.3 Å². The lowest BCUT2D eigenvalue weighted by atomic mass is 9.85. The smallest absolute Gasteiger partial charge is 0.328 e. The van der Waals surface area contributed by atoms with E-state index < -0.39 is 11.9 Å². The van der Waals surface area contributed by atoms with Gasteiger partial charge in [-0.05, 0) is 57.3 Å². The van der Waals surface area contributed by atoms with Crippen LogP contribution in [-0.4, -0.2) is 59.3 Å². The Hall–Kier alpha value is -3.45.